The van der Waals surface area contributed by atoms with Gasteiger partial charge in [-0.1, -0.05) is 18.0 Å². The summed E-state index contributed by atoms with van der Waals surface area (Å²) in [6, 6.07) is 2.42. The van der Waals surface area contributed by atoms with Crippen molar-refractivity contribution in [2.75, 3.05) is 7.05 Å². The lowest BCUT2D eigenvalue weighted by Crippen LogP contribution is -2.41. The van der Waals surface area contributed by atoms with Gasteiger partial charge in [0.15, 0.2) is 5.96 Å². The van der Waals surface area contributed by atoms with E-state index in [9.17, 15) is 0 Å². The summed E-state index contributed by atoms with van der Waals surface area (Å²) in [6.07, 6.45) is 6.69. The maximum Gasteiger partial charge on any atom is 0.191 e. The van der Waals surface area contributed by atoms with Gasteiger partial charge in [0.05, 0.1) is 6.54 Å². The minimum atomic E-state index is 0. The Morgan fingerprint density at radius 3 is 2.88 bits per heavy atom. The highest BCUT2D eigenvalue weighted by atomic mass is 127. The highest BCUT2D eigenvalue weighted by Crippen LogP contribution is 2.17. The quantitative estimate of drug-likeness (QED) is 0.497. The summed E-state index contributed by atoms with van der Waals surface area (Å²) in [5.41, 5.74) is 0.884. The third kappa shape index (κ3) is 4.53. The number of nitrogens with one attached hydrogen (secondary N) is 2. The molecule has 1 aliphatic rings. The number of halogens is 1. The highest BCUT2D eigenvalue weighted by Gasteiger charge is 2.15. The molecule has 0 bridgehead atoms. The van der Waals surface area contributed by atoms with E-state index in [2.05, 4.69) is 20.8 Å². The van der Waals surface area contributed by atoms with Crippen LogP contribution < -0.4 is 10.6 Å². The average Bonchev–Trinajstić information content (AvgIpc) is 2.97. The number of nitrogens with zero attached hydrogens (tertiary/aromatic N) is 2. The molecule has 17 heavy (non-hydrogen) atoms. The molecule has 0 aliphatic heterocycles. The Kier molecular flexibility index (Phi) is 6.31. The number of aliphatic imine (C=N–C) groups is 1. The van der Waals surface area contributed by atoms with E-state index in [1.807, 2.05) is 6.07 Å². The van der Waals surface area contributed by atoms with Crippen molar-refractivity contribution in [1.82, 2.24) is 15.8 Å². The van der Waals surface area contributed by atoms with Crippen molar-refractivity contribution in [3.05, 3.63) is 18.0 Å². The number of aromatic nitrogens is 1. The van der Waals surface area contributed by atoms with Crippen LogP contribution in [0, 0.1) is 0 Å². The van der Waals surface area contributed by atoms with Crippen molar-refractivity contribution in [2.24, 2.45) is 4.99 Å². The Morgan fingerprint density at radius 2 is 2.29 bits per heavy atom. The molecule has 2 rings (SSSR count). The lowest BCUT2D eigenvalue weighted by Gasteiger charge is -2.16. The van der Waals surface area contributed by atoms with Crippen LogP contribution in [0.2, 0.25) is 0 Å². The molecule has 0 saturated heterocycles. The van der Waals surface area contributed by atoms with Crippen LogP contribution in [0.1, 0.15) is 31.4 Å². The first-order valence-electron chi connectivity index (χ1n) is 5.75. The van der Waals surface area contributed by atoms with Crippen LogP contribution in [-0.2, 0) is 6.54 Å². The molecule has 0 spiro atoms. The zero-order valence-corrected chi connectivity index (χ0v) is 12.3. The third-order valence-corrected chi connectivity index (χ3v) is 2.85. The molecule has 1 heterocycles. The van der Waals surface area contributed by atoms with Gasteiger partial charge >= 0.3 is 0 Å². The SMILES string of the molecule is CN=C(NCc1ccon1)NC1CCCC1.I. The van der Waals surface area contributed by atoms with Gasteiger partial charge in [-0.25, -0.2) is 0 Å². The molecular formula is C11H19IN4O. The Morgan fingerprint density at radius 1 is 1.53 bits per heavy atom. The van der Waals surface area contributed by atoms with Crippen molar-refractivity contribution in [1.29, 1.82) is 0 Å². The van der Waals surface area contributed by atoms with Crippen molar-refractivity contribution in [2.45, 2.75) is 38.3 Å². The second-order valence-electron chi connectivity index (χ2n) is 4.04. The number of rotatable bonds is 3. The van der Waals surface area contributed by atoms with Crippen molar-refractivity contribution in [3.63, 3.8) is 0 Å². The predicted molar refractivity (Wildman–Crippen MR) is 77.5 cm³/mol. The van der Waals surface area contributed by atoms with Crippen LogP contribution in [0.15, 0.2) is 21.8 Å². The first kappa shape index (κ1) is 14.3. The van der Waals surface area contributed by atoms with Gasteiger partial charge < -0.3 is 15.2 Å². The molecule has 2 N–H and O–H groups in total. The molecule has 0 radical (unpaired) electrons. The minimum Gasteiger partial charge on any atom is -0.364 e. The van der Waals surface area contributed by atoms with Gasteiger partial charge in [-0.3, -0.25) is 4.99 Å². The van der Waals surface area contributed by atoms with Crippen LogP contribution in [-0.4, -0.2) is 24.2 Å². The molecule has 0 aromatic carbocycles. The van der Waals surface area contributed by atoms with E-state index < -0.39 is 0 Å². The molecule has 0 unspecified atom stereocenters. The fourth-order valence-electron chi connectivity index (χ4n) is 1.96. The fourth-order valence-corrected chi connectivity index (χ4v) is 1.96. The molecule has 6 heteroatoms. The Hall–Kier alpha value is -0.790. The predicted octanol–water partition coefficient (Wildman–Crippen LogP) is 1.90. The maximum atomic E-state index is 4.76. The summed E-state index contributed by atoms with van der Waals surface area (Å²) in [5, 5.41) is 10.5. The summed E-state index contributed by atoms with van der Waals surface area (Å²) in [4.78, 5) is 4.19. The van der Waals surface area contributed by atoms with Crippen molar-refractivity contribution < 1.29 is 4.52 Å². The van der Waals surface area contributed by atoms with E-state index >= 15 is 0 Å². The Bertz CT molecular complexity index is 333. The largest absolute Gasteiger partial charge is 0.364 e. The monoisotopic (exact) mass is 350 g/mol. The molecule has 1 fully saturated rings. The van der Waals surface area contributed by atoms with Gasteiger partial charge in [0.2, 0.25) is 0 Å². The maximum absolute atomic E-state index is 4.76. The van der Waals surface area contributed by atoms with Crippen LogP contribution in [0.25, 0.3) is 0 Å². The number of guanidine groups is 1. The lowest BCUT2D eigenvalue weighted by atomic mass is 10.2. The summed E-state index contributed by atoms with van der Waals surface area (Å²) < 4.78 is 4.76. The summed E-state index contributed by atoms with van der Waals surface area (Å²) >= 11 is 0. The third-order valence-electron chi connectivity index (χ3n) is 2.85. The van der Waals surface area contributed by atoms with Crippen molar-refractivity contribution >= 4 is 29.9 Å². The van der Waals surface area contributed by atoms with E-state index in [-0.39, 0.29) is 24.0 Å². The Balaban J connectivity index is 0.00000144. The molecule has 0 amide bonds. The molecular weight excluding hydrogens is 331 g/mol. The van der Waals surface area contributed by atoms with Gasteiger partial charge in [0, 0.05) is 19.2 Å². The molecule has 1 aromatic heterocycles. The van der Waals surface area contributed by atoms with Gasteiger partial charge in [-0.15, -0.1) is 24.0 Å². The van der Waals surface area contributed by atoms with Crippen LogP contribution >= 0.6 is 24.0 Å². The normalized spacial score (nSPS) is 16.6. The van der Waals surface area contributed by atoms with Crippen LogP contribution in [0.4, 0.5) is 0 Å². The first-order valence-corrected chi connectivity index (χ1v) is 5.75. The highest BCUT2D eigenvalue weighted by molar-refractivity contribution is 14.0. The van der Waals surface area contributed by atoms with E-state index in [0.717, 1.165) is 11.7 Å². The molecule has 1 aromatic rings. The standard InChI is InChI=1S/C11H18N4O.HI/c1-12-11(14-9-4-2-3-5-9)13-8-10-6-7-16-15-10;/h6-7,9H,2-5,8H2,1H3,(H2,12,13,14);1H. The van der Waals surface area contributed by atoms with Gasteiger partial charge in [0.1, 0.15) is 12.0 Å². The molecule has 96 valence electrons. The molecule has 0 atom stereocenters. The zero-order valence-electron chi connectivity index (χ0n) is 9.98. The van der Waals surface area contributed by atoms with E-state index in [1.54, 1.807) is 13.3 Å². The van der Waals surface area contributed by atoms with E-state index in [0.29, 0.717) is 12.6 Å². The van der Waals surface area contributed by atoms with Crippen LogP contribution in [0.5, 0.6) is 0 Å². The fraction of sp³-hybridized carbons (Fsp3) is 0.636. The summed E-state index contributed by atoms with van der Waals surface area (Å²) in [7, 11) is 1.78. The second kappa shape index (κ2) is 7.52. The zero-order chi connectivity index (χ0) is 11.2. The van der Waals surface area contributed by atoms with E-state index in [4.69, 9.17) is 4.52 Å². The summed E-state index contributed by atoms with van der Waals surface area (Å²) in [5.74, 6) is 0.843. The minimum absolute atomic E-state index is 0. The number of hydrogen-bond donors (Lipinski definition) is 2. The smallest absolute Gasteiger partial charge is 0.191 e. The Labute approximate surface area is 118 Å². The lowest BCUT2D eigenvalue weighted by molar-refractivity contribution is 0.410. The molecule has 1 saturated carbocycles. The van der Waals surface area contributed by atoms with Gasteiger partial charge in [-0.05, 0) is 12.8 Å². The van der Waals surface area contributed by atoms with Gasteiger partial charge in [-0.2, -0.15) is 0 Å². The first-order chi connectivity index (χ1) is 7.88. The van der Waals surface area contributed by atoms with Crippen LogP contribution in [0.3, 0.4) is 0 Å². The van der Waals surface area contributed by atoms with E-state index in [1.165, 1.54) is 25.7 Å². The summed E-state index contributed by atoms with van der Waals surface area (Å²) in [6.45, 7) is 0.642. The molecule has 1 aliphatic carbocycles. The number of hydrogen-bond acceptors (Lipinski definition) is 3. The average molecular weight is 350 g/mol. The van der Waals surface area contributed by atoms with Crippen molar-refractivity contribution in [3.8, 4) is 0 Å². The second-order valence-corrected chi connectivity index (χ2v) is 4.04. The topological polar surface area (TPSA) is 62.5 Å². The molecule has 5 nitrogen and oxygen atoms in total. The van der Waals surface area contributed by atoms with Gasteiger partial charge in [0.25, 0.3) is 0 Å².